The summed E-state index contributed by atoms with van der Waals surface area (Å²) in [5.74, 6) is 0.949. The van der Waals surface area contributed by atoms with Crippen molar-refractivity contribution in [2.75, 3.05) is 40.8 Å². The SMILES string of the molecule is COc1ccc(C)cc1CC(N)CC1CN(C)CCN1C. The third-order valence-corrected chi connectivity index (χ3v) is 4.47. The molecule has 1 heterocycles. The summed E-state index contributed by atoms with van der Waals surface area (Å²) < 4.78 is 5.46. The van der Waals surface area contributed by atoms with E-state index in [-0.39, 0.29) is 6.04 Å². The zero-order chi connectivity index (χ0) is 15.4. The lowest BCUT2D eigenvalue weighted by molar-refractivity contribution is 0.104. The van der Waals surface area contributed by atoms with Crippen LogP contribution < -0.4 is 10.5 Å². The fourth-order valence-corrected chi connectivity index (χ4v) is 3.14. The van der Waals surface area contributed by atoms with Gasteiger partial charge in [0.25, 0.3) is 0 Å². The molecule has 118 valence electrons. The molecule has 2 atom stereocenters. The Labute approximate surface area is 128 Å². The third kappa shape index (κ3) is 4.43. The minimum Gasteiger partial charge on any atom is -0.496 e. The van der Waals surface area contributed by atoms with Gasteiger partial charge >= 0.3 is 0 Å². The van der Waals surface area contributed by atoms with E-state index in [0.29, 0.717) is 6.04 Å². The summed E-state index contributed by atoms with van der Waals surface area (Å²) in [6, 6.07) is 7.03. The number of ether oxygens (including phenoxy) is 1. The van der Waals surface area contributed by atoms with E-state index in [0.717, 1.165) is 38.2 Å². The predicted molar refractivity (Wildman–Crippen MR) is 87.9 cm³/mol. The van der Waals surface area contributed by atoms with Gasteiger partial charge in [0.15, 0.2) is 0 Å². The molecule has 0 spiro atoms. The van der Waals surface area contributed by atoms with Crippen molar-refractivity contribution in [3.8, 4) is 5.75 Å². The van der Waals surface area contributed by atoms with Gasteiger partial charge in [0.05, 0.1) is 7.11 Å². The topological polar surface area (TPSA) is 41.7 Å². The Bertz CT molecular complexity index is 463. The van der Waals surface area contributed by atoms with Gasteiger partial charge in [0.2, 0.25) is 0 Å². The summed E-state index contributed by atoms with van der Waals surface area (Å²) in [4.78, 5) is 4.83. The van der Waals surface area contributed by atoms with Crippen LogP contribution in [0.15, 0.2) is 18.2 Å². The minimum atomic E-state index is 0.166. The molecule has 1 saturated heterocycles. The molecule has 0 amide bonds. The molecule has 1 aliphatic heterocycles. The van der Waals surface area contributed by atoms with Crippen LogP contribution in [0.4, 0.5) is 0 Å². The smallest absolute Gasteiger partial charge is 0.122 e. The molecule has 0 saturated carbocycles. The lowest BCUT2D eigenvalue weighted by atomic mass is 9.96. The van der Waals surface area contributed by atoms with Gasteiger partial charge in [-0.3, -0.25) is 0 Å². The summed E-state index contributed by atoms with van der Waals surface area (Å²) in [7, 11) is 6.12. The van der Waals surface area contributed by atoms with Gasteiger partial charge in [-0.1, -0.05) is 17.7 Å². The predicted octanol–water partition coefficient (Wildman–Crippen LogP) is 1.51. The first-order valence-electron chi connectivity index (χ1n) is 7.77. The van der Waals surface area contributed by atoms with Gasteiger partial charge in [-0.25, -0.2) is 0 Å². The van der Waals surface area contributed by atoms with Crippen molar-refractivity contribution in [1.29, 1.82) is 0 Å². The van der Waals surface area contributed by atoms with Crippen LogP contribution in [0, 0.1) is 6.92 Å². The number of nitrogens with zero attached hydrogens (tertiary/aromatic N) is 2. The van der Waals surface area contributed by atoms with Crippen LogP contribution in [0.2, 0.25) is 0 Å². The van der Waals surface area contributed by atoms with E-state index in [1.807, 2.05) is 6.07 Å². The van der Waals surface area contributed by atoms with Crippen molar-refractivity contribution < 1.29 is 4.74 Å². The number of likely N-dealkylation sites (N-methyl/N-ethyl adjacent to an activating group) is 2. The summed E-state index contributed by atoms with van der Waals surface area (Å²) in [6.07, 6.45) is 1.90. The van der Waals surface area contributed by atoms with Crippen LogP contribution in [-0.4, -0.2) is 62.7 Å². The van der Waals surface area contributed by atoms with E-state index in [1.54, 1.807) is 7.11 Å². The Morgan fingerprint density at radius 3 is 2.81 bits per heavy atom. The van der Waals surface area contributed by atoms with Crippen molar-refractivity contribution in [1.82, 2.24) is 9.80 Å². The molecular formula is C17H29N3O. The second-order valence-electron chi connectivity index (χ2n) is 6.41. The summed E-state index contributed by atoms with van der Waals surface area (Å²) in [5, 5.41) is 0. The quantitative estimate of drug-likeness (QED) is 0.893. The van der Waals surface area contributed by atoms with Crippen molar-refractivity contribution in [3.63, 3.8) is 0 Å². The first-order chi connectivity index (χ1) is 9.99. The Kier molecular flexibility index (Phi) is 5.62. The van der Waals surface area contributed by atoms with Gasteiger partial charge < -0.3 is 20.3 Å². The average molecular weight is 291 g/mol. The van der Waals surface area contributed by atoms with E-state index >= 15 is 0 Å². The van der Waals surface area contributed by atoms with Crippen molar-refractivity contribution in [2.45, 2.75) is 31.8 Å². The fourth-order valence-electron chi connectivity index (χ4n) is 3.14. The Hall–Kier alpha value is -1.10. The van der Waals surface area contributed by atoms with E-state index in [1.165, 1.54) is 11.1 Å². The number of aryl methyl sites for hydroxylation is 1. The van der Waals surface area contributed by atoms with Crippen molar-refractivity contribution in [3.05, 3.63) is 29.3 Å². The summed E-state index contributed by atoms with van der Waals surface area (Å²) >= 11 is 0. The number of hydrogen-bond acceptors (Lipinski definition) is 4. The second kappa shape index (κ2) is 7.25. The van der Waals surface area contributed by atoms with E-state index in [2.05, 4.69) is 43.0 Å². The molecule has 0 bridgehead atoms. The molecule has 1 aromatic carbocycles. The molecule has 2 rings (SSSR count). The fraction of sp³-hybridized carbons (Fsp3) is 0.647. The molecule has 1 aliphatic rings. The molecule has 0 radical (unpaired) electrons. The van der Waals surface area contributed by atoms with Crippen LogP contribution >= 0.6 is 0 Å². The number of piperazine rings is 1. The first kappa shape index (κ1) is 16.3. The van der Waals surface area contributed by atoms with Crippen LogP contribution in [0.3, 0.4) is 0 Å². The maximum atomic E-state index is 6.42. The lowest BCUT2D eigenvalue weighted by Gasteiger charge is -2.38. The molecule has 21 heavy (non-hydrogen) atoms. The van der Waals surface area contributed by atoms with Crippen LogP contribution in [-0.2, 0) is 6.42 Å². The molecule has 2 unspecified atom stereocenters. The van der Waals surface area contributed by atoms with Crippen LogP contribution in [0.5, 0.6) is 5.75 Å². The number of nitrogens with two attached hydrogens (primary N) is 1. The molecule has 4 nitrogen and oxygen atoms in total. The molecule has 0 aliphatic carbocycles. The van der Waals surface area contributed by atoms with Gasteiger partial charge in [-0.05, 0) is 45.5 Å². The van der Waals surface area contributed by atoms with Crippen molar-refractivity contribution >= 4 is 0 Å². The largest absolute Gasteiger partial charge is 0.496 e. The molecule has 4 heteroatoms. The summed E-state index contributed by atoms with van der Waals surface area (Å²) in [5.41, 5.74) is 8.89. The molecular weight excluding hydrogens is 262 g/mol. The zero-order valence-corrected chi connectivity index (χ0v) is 13.8. The lowest BCUT2D eigenvalue weighted by Crippen LogP contribution is -2.51. The zero-order valence-electron chi connectivity index (χ0n) is 13.8. The van der Waals surface area contributed by atoms with Crippen LogP contribution in [0.25, 0.3) is 0 Å². The Morgan fingerprint density at radius 1 is 1.33 bits per heavy atom. The number of benzene rings is 1. The van der Waals surface area contributed by atoms with Crippen LogP contribution in [0.1, 0.15) is 17.5 Å². The normalized spacial score (nSPS) is 22.2. The molecule has 0 aromatic heterocycles. The standard InChI is InChI=1S/C17H29N3O/c1-13-5-6-17(21-4)14(9-13)10-15(18)11-16-12-19(2)7-8-20(16)3/h5-6,9,15-16H,7-8,10-12,18H2,1-4H3. The number of methoxy groups -OCH3 is 1. The van der Waals surface area contributed by atoms with Gasteiger partial charge in [0.1, 0.15) is 5.75 Å². The summed E-state index contributed by atoms with van der Waals surface area (Å²) in [6.45, 7) is 5.49. The highest BCUT2D eigenvalue weighted by Crippen LogP contribution is 2.22. The highest BCUT2D eigenvalue weighted by atomic mass is 16.5. The third-order valence-electron chi connectivity index (χ3n) is 4.47. The number of rotatable bonds is 5. The van der Waals surface area contributed by atoms with E-state index in [9.17, 15) is 0 Å². The maximum Gasteiger partial charge on any atom is 0.122 e. The van der Waals surface area contributed by atoms with E-state index < -0.39 is 0 Å². The van der Waals surface area contributed by atoms with E-state index in [4.69, 9.17) is 10.5 Å². The minimum absolute atomic E-state index is 0.166. The van der Waals surface area contributed by atoms with Gasteiger partial charge in [-0.2, -0.15) is 0 Å². The average Bonchev–Trinajstić information content (AvgIpc) is 2.43. The molecule has 1 fully saturated rings. The van der Waals surface area contributed by atoms with Gasteiger partial charge in [0, 0.05) is 31.7 Å². The monoisotopic (exact) mass is 291 g/mol. The highest BCUT2D eigenvalue weighted by Gasteiger charge is 2.24. The van der Waals surface area contributed by atoms with Gasteiger partial charge in [-0.15, -0.1) is 0 Å². The molecule has 2 N–H and O–H groups in total. The first-order valence-corrected chi connectivity index (χ1v) is 7.77. The highest BCUT2D eigenvalue weighted by molar-refractivity contribution is 5.37. The Balaban J connectivity index is 1.98. The second-order valence-corrected chi connectivity index (χ2v) is 6.41. The Morgan fingerprint density at radius 2 is 2.10 bits per heavy atom. The molecule has 1 aromatic rings. The maximum absolute atomic E-state index is 6.42. The van der Waals surface area contributed by atoms with Crippen molar-refractivity contribution in [2.24, 2.45) is 5.73 Å². The number of hydrogen-bond donors (Lipinski definition) is 1.